The van der Waals surface area contributed by atoms with Crippen LogP contribution in [0, 0.1) is 11.3 Å². The van der Waals surface area contributed by atoms with Crippen LogP contribution in [0.4, 0.5) is 0 Å². The predicted molar refractivity (Wildman–Crippen MR) is 107 cm³/mol. The summed E-state index contributed by atoms with van der Waals surface area (Å²) in [7, 11) is 1.40. The molecule has 1 aliphatic heterocycles. The number of amides is 1. The molecule has 1 unspecified atom stereocenters. The maximum Gasteiger partial charge on any atom is 0.310 e. The van der Waals surface area contributed by atoms with Gasteiger partial charge in [0.2, 0.25) is 5.91 Å². The Morgan fingerprint density at radius 2 is 1.78 bits per heavy atom. The number of nitrogens with zero attached hydrogens (tertiary/aromatic N) is 2. The van der Waals surface area contributed by atoms with Crippen LogP contribution >= 0.6 is 0 Å². The number of methoxy groups -OCH3 is 1. The molecule has 150 valence electrons. The van der Waals surface area contributed by atoms with Gasteiger partial charge in [0.1, 0.15) is 0 Å². The number of benzene rings is 1. The van der Waals surface area contributed by atoms with Crippen LogP contribution in [-0.2, 0) is 20.9 Å². The minimum absolute atomic E-state index is 0.111. The van der Waals surface area contributed by atoms with E-state index < -0.39 is 5.41 Å². The molecule has 1 amide bonds. The maximum absolute atomic E-state index is 13.0. The zero-order valence-electron chi connectivity index (χ0n) is 17.4. The second-order valence-electron chi connectivity index (χ2n) is 8.62. The lowest BCUT2D eigenvalue weighted by Gasteiger charge is -2.41. The predicted octanol–water partition coefficient (Wildman–Crippen LogP) is 3.33. The summed E-state index contributed by atoms with van der Waals surface area (Å²) in [5, 5.41) is 0. The first-order chi connectivity index (χ1) is 12.7. The third-order valence-corrected chi connectivity index (χ3v) is 5.22. The molecule has 0 N–H and O–H groups in total. The van der Waals surface area contributed by atoms with Crippen molar-refractivity contribution in [2.24, 2.45) is 11.3 Å². The molecule has 0 radical (unpaired) electrons. The smallest absolute Gasteiger partial charge is 0.310 e. The largest absolute Gasteiger partial charge is 0.469 e. The second-order valence-corrected chi connectivity index (χ2v) is 8.62. The van der Waals surface area contributed by atoms with Gasteiger partial charge in [-0.1, -0.05) is 58.0 Å². The Morgan fingerprint density at radius 1 is 1.19 bits per heavy atom. The van der Waals surface area contributed by atoms with Crippen molar-refractivity contribution in [3.63, 3.8) is 0 Å². The molecule has 1 atom stereocenters. The Kier molecular flexibility index (Phi) is 7.42. The van der Waals surface area contributed by atoms with E-state index in [1.807, 2.05) is 38.7 Å². The number of rotatable bonds is 6. The highest BCUT2D eigenvalue weighted by Crippen LogP contribution is 2.26. The van der Waals surface area contributed by atoms with Gasteiger partial charge in [-0.3, -0.25) is 14.5 Å². The van der Waals surface area contributed by atoms with E-state index in [1.54, 1.807) is 0 Å². The van der Waals surface area contributed by atoms with Crippen LogP contribution in [0.15, 0.2) is 30.3 Å². The van der Waals surface area contributed by atoms with Crippen LogP contribution < -0.4 is 0 Å². The minimum Gasteiger partial charge on any atom is -0.469 e. The van der Waals surface area contributed by atoms with Crippen LogP contribution in [0.5, 0.6) is 0 Å². The van der Waals surface area contributed by atoms with Crippen LogP contribution in [0.2, 0.25) is 0 Å². The first-order valence-corrected chi connectivity index (χ1v) is 9.87. The molecule has 0 bridgehead atoms. The van der Waals surface area contributed by atoms with E-state index in [0.29, 0.717) is 6.54 Å². The molecule has 1 heterocycles. The van der Waals surface area contributed by atoms with Crippen molar-refractivity contribution in [3.05, 3.63) is 35.9 Å². The summed E-state index contributed by atoms with van der Waals surface area (Å²) < 4.78 is 4.86. The molecular weight excluding hydrogens is 340 g/mol. The number of carbonyl (C=O) groups excluding carboxylic acids is 2. The lowest BCUT2D eigenvalue weighted by atomic mass is 9.91. The first kappa shape index (κ1) is 21.4. The van der Waals surface area contributed by atoms with Gasteiger partial charge in [0.05, 0.1) is 13.0 Å². The van der Waals surface area contributed by atoms with Gasteiger partial charge in [0, 0.05) is 37.6 Å². The lowest BCUT2D eigenvalue weighted by molar-refractivity contribution is -0.150. The summed E-state index contributed by atoms with van der Waals surface area (Å²) >= 11 is 0. The molecule has 1 aromatic rings. The number of hydrogen-bond acceptors (Lipinski definition) is 4. The second kappa shape index (κ2) is 9.36. The monoisotopic (exact) mass is 374 g/mol. The Hall–Kier alpha value is -1.88. The molecule has 0 saturated carbocycles. The van der Waals surface area contributed by atoms with Crippen molar-refractivity contribution >= 4 is 11.9 Å². The highest BCUT2D eigenvalue weighted by Gasteiger charge is 2.35. The number of piperidine rings is 1. The van der Waals surface area contributed by atoms with Gasteiger partial charge < -0.3 is 9.64 Å². The average Bonchev–Trinajstić information content (AvgIpc) is 2.65. The Balaban J connectivity index is 2.01. The van der Waals surface area contributed by atoms with Crippen molar-refractivity contribution in [2.75, 3.05) is 26.7 Å². The molecule has 0 aliphatic carbocycles. The highest BCUT2D eigenvalue weighted by atomic mass is 16.5. The molecule has 2 rings (SSSR count). The van der Waals surface area contributed by atoms with Crippen molar-refractivity contribution in [3.8, 4) is 0 Å². The summed E-state index contributed by atoms with van der Waals surface area (Å²) in [5.41, 5.74) is 0.856. The van der Waals surface area contributed by atoms with Gasteiger partial charge in [0.25, 0.3) is 0 Å². The minimum atomic E-state index is -0.461. The quantitative estimate of drug-likeness (QED) is 0.717. The fourth-order valence-corrected chi connectivity index (χ4v) is 3.63. The van der Waals surface area contributed by atoms with Crippen LogP contribution in [0.1, 0.15) is 46.1 Å². The number of esters is 1. The summed E-state index contributed by atoms with van der Waals surface area (Å²) in [6, 6.07) is 10.7. The molecule has 1 aromatic carbocycles. The van der Waals surface area contributed by atoms with E-state index in [4.69, 9.17) is 4.74 Å². The summed E-state index contributed by atoms with van der Waals surface area (Å²) in [6.07, 6.45) is 1.87. The van der Waals surface area contributed by atoms with E-state index in [-0.39, 0.29) is 23.8 Å². The standard InChI is InChI=1S/C22H34N2O3/c1-17(20(25)27-5)15-24(21(26)22(2,3)4)19-11-13-23(14-12-19)16-18-9-7-6-8-10-18/h6-10,17,19H,11-16H2,1-5H3. The van der Waals surface area contributed by atoms with Crippen molar-refractivity contribution in [1.29, 1.82) is 0 Å². The normalized spacial score (nSPS) is 17.4. The zero-order valence-corrected chi connectivity index (χ0v) is 17.4. The topological polar surface area (TPSA) is 49.9 Å². The van der Waals surface area contributed by atoms with E-state index >= 15 is 0 Å². The van der Waals surface area contributed by atoms with Crippen molar-refractivity contribution in [2.45, 2.75) is 53.1 Å². The zero-order chi connectivity index (χ0) is 20.0. The molecule has 0 spiro atoms. The molecule has 1 saturated heterocycles. The maximum atomic E-state index is 13.0. The fraction of sp³-hybridized carbons (Fsp3) is 0.636. The van der Waals surface area contributed by atoms with Crippen LogP contribution in [-0.4, -0.2) is 54.5 Å². The third-order valence-electron chi connectivity index (χ3n) is 5.22. The van der Waals surface area contributed by atoms with E-state index in [1.165, 1.54) is 12.7 Å². The van der Waals surface area contributed by atoms with Crippen molar-refractivity contribution in [1.82, 2.24) is 9.80 Å². The molecule has 5 heteroatoms. The molecule has 1 aliphatic rings. The van der Waals surface area contributed by atoms with Gasteiger partial charge in [-0.25, -0.2) is 0 Å². The molecule has 5 nitrogen and oxygen atoms in total. The van der Waals surface area contributed by atoms with Gasteiger partial charge in [-0.2, -0.15) is 0 Å². The summed E-state index contributed by atoms with van der Waals surface area (Å²) in [6.45, 7) is 10.9. The average molecular weight is 375 g/mol. The van der Waals surface area contributed by atoms with Crippen LogP contribution in [0.25, 0.3) is 0 Å². The lowest BCUT2D eigenvalue weighted by Crippen LogP contribution is -2.52. The third kappa shape index (κ3) is 6.06. The van der Waals surface area contributed by atoms with Crippen LogP contribution in [0.3, 0.4) is 0 Å². The Morgan fingerprint density at radius 3 is 2.30 bits per heavy atom. The number of hydrogen-bond donors (Lipinski definition) is 0. The molecular formula is C22H34N2O3. The molecule has 1 fully saturated rings. The van der Waals surface area contributed by atoms with E-state index in [9.17, 15) is 9.59 Å². The Bertz CT molecular complexity index is 616. The Labute approximate surface area is 163 Å². The number of carbonyl (C=O) groups is 2. The summed E-state index contributed by atoms with van der Waals surface area (Å²) in [5.74, 6) is -0.466. The van der Waals surface area contributed by atoms with E-state index in [2.05, 4.69) is 29.2 Å². The number of likely N-dealkylation sites (tertiary alicyclic amines) is 1. The number of ether oxygens (including phenoxy) is 1. The molecule has 27 heavy (non-hydrogen) atoms. The van der Waals surface area contributed by atoms with Gasteiger partial charge in [-0.05, 0) is 18.4 Å². The first-order valence-electron chi connectivity index (χ1n) is 9.87. The molecule has 0 aromatic heterocycles. The van der Waals surface area contributed by atoms with Gasteiger partial charge in [-0.15, -0.1) is 0 Å². The summed E-state index contributed by atoms with van der Waals surface area (Å²) in [4.78, 5) is 29.3. The fourth-order valence-electron chi connectivity index (χ4n) is 3.63. The van der Waals surface area contributed by atoms with Gasteiger partial charge in [0.15, 0.2) is 0 Å². The highest BCUT2D eigenvalue weighted by molar-refractivity contribution is 5.82. The van der Waals surface area contributed by atoms with Gasteiger partial charge >= 0.3 is 5.97 Å². The van der Waals surface area contributed by atoms with Crippen molar-refractivity contribution < 1.29 is 14.3 Å². The SMILES string of the molecule is COC(=O)C(C)CN(C(=O)C(C)(C)C)C1CCN(Cc2ccccc2)CC1. The van der Waals surface area contributed by atoms with E-state index in [0.717, 1.165) is 32.5 Å².